The third kappa shape index (κ3) is 3.90. The molecule has 0 amide bonds. The summed E-state index contributed by atoms with van der Waals surface area (Å²) in [4.78, 5) is 24.6. The topological polar surface area (TPSA) is 61.8 Å². The van der Waals surface area contributed by atoms with E-state index in [2.05, 4.69) is 26.8 Å². The summed E-state index contributed by atoms with van der Waals surface area (Å²) in [5.74, 6) is 0.136. The zero-order chi connectivity index (χ0) is 19.7. The predicted molar refractivity (Wildman–Crippen MR) is 102 cm³/mol. The first kappa shape index (κ1) is 20.3. The summed E-state index contributed by atoms with van der Waals surface area (Å²) in [6, 6.07) is 0. The molecule has 5 heteroatoms. The predicted octanol–water partition coefficient (Wildman–Crippen LogP) is 4.32. The van der Waals surface area contributed by atoms with Gasteiger partial charge in [-0.15, -0.1) is 0 Å². The Kier molecular flexibility index (Phi) is 5.92. The van der Waals surface area contributed by atoms with Crippen LogP contribution in [0, 0.1) is 17.3 Å². The molecule has 1 fully saturated rings. The Morgan fingerprint density at radius 1 is 1.33 bits per heavy atom. The lowest BCUT2D eigenvalue weighted by atomic mass is 9.60. The Bertz CT molecular complexity index is 656. The molecule has 0 aromatic rings. The molecule has 1 saturated heterocycles. The number of carbonyl (C=O) groups excluding carboxylic acids is 2. The monoisotopic (exact) mass is 376 g/mol. The van der Waals surface area contributed by atoms with Crippen LogP contribution in [0.5, 0.6) is 0 Å². The minimum atomic E-state index is -0.612. The molecule has 1 unspecified atom stereocenters. The van der Waals surface area contributed by atoms with Gasteiger partial charge in [-0.3, -0.25) is 9.59 Å². The van der Waals surface area contributed by atoms with E-state index in [0.29, 0.717) is 37.6 Å². The number of carbonyl (C=O) groups is 2. The molecule has 3 rings (SSSR count). The number of hydrogen-bond acceptors (Lipinski definition) is 5. The Labute approximate surface area is 162 Å². The van der Waals surface area contributed by atoms with Crippen molar-refractivity contribution in [3.8, 4) is 0 Å². The zero-order valence-corrected chi connectivity index (χ0v) is 17.0. The molecular weight excluding hydrogens is 344 g/mol. The molecular formula is C22H32O5. The summed E-state index contributed by atoms with van der Waals surface area (Å²) in [5, 5.41) is 0. The lowest BCUT2D eigenvalue weighted by Crippen LogP contribution is -2.43. The number of rotatable bonds is 6. The summed E-state index contributed by atoms with van der Waals surface area (Å²) in [6.45, 7) is 8.93. The first-order valence-corrected chi connectivity index (χ1v) is 10.2. The third-order valence-electron chi connectivity index (χ3n) is 6.65. The highest BCUT2D eigenvalue weighted by Crippen LogP contribution is 2.51. The van der Waals surface area contributed by atoms with Crippen molar-refractivity contribution in [1.29, 1.82) is 0 Å². The van der Waals surface area contributed by atoms with E-state index in [1.54, 1.807) is 0 Å². The first-order chi connectivity index (χ1) is 12.8. The second kappa shape index (κ2) is 7.88. The van der Waals surface area contributed by atoms with Crippen molar-refractivity contribution >= 4 is 11.8 Å². The summed E-state index contributed by atoms with van der Waals surface area (Å²) >= 11 is 0. The van der Waals surface area contributed by atoms with Gasteiger partial charge in [-0.1, -0.05) is 26.8 Å². The highest BCUT2D eigenvalue weighted by atomic mass is 16.7. The number of Topliss-reactive ketones (excluding diaryl/α,β-unsaturated/α-hetero) is 1. The largest absolute Gasteiger partial charge is 0.431 e. The SMILES string of the molecule is CCC1([C@@H](C)CC(=O)C2CCC=C3C=C(OC(C)=O)CC[C@@]32C)OCCO1. The van der Waals surface area contributed by atoms with Crippen LogP contribution < -0.4 is 0 Å². The quantitative estimate of drug-likeness (QED) is 0.646. The Balaban J connectivity index is 1.74. The van der Waals surface area contributed by atoms with Gasteiger partial charge >= 0.3 is 5.97 Å². The van der Waals surface area contributed by atoms with E-state index in [1.165, 1.54) is 6.92 Å². The minimum Gasteiger partial charge on any atom is -0.431 e. The number of ether oxygens (including phenoxy) is 3. The van der Waals surface area contributed by atoms with Crippen molar-refractivity contribution < 1.29 is 23.8 Å². The second-order valence-electron chi connectivity index (χ2n) is 8.34. The van der Waals surface area contributed by atoms with Crippen molar-refractivity contribution in [2.24, 2.45) is 17.3 Å². The van der Waals surface area contributed by atoms with Gasteiger partial charge in [-0.25, -0.2) is 0 Å². The molecule has 2 aliphatic carbocycles. The van der Waals surface area contributed by atoms with Crippen LogP contribution in [0.3, 0.4) is 0 Å². The van der Waals surface area contributed by atoms with Crippen molar-refractivity contribution in [2.75, 3.05) is 13.2 Å². The Morgan fingerprint density at radius 3 is 2.67 bits per heavy atom. The van der Waals surface area contributed by atoms with E-state index in [9.17, 15) is 9.59 Å². The van der Waals surface area contributed by atoms with Crippen molar-refractivity contribution in [2.45, 2.75) is 72.0 Å². The molecule has 0 N–H and O–H groups in total. The number of ketones is 1. The number of fused-ring (bicyclic) bond motifs is 1. The summed E-state index contributed by atoms with van der Waals surface area (Å²) in [6.07, 6.45) is 8.68. The second-order valence-corrected chi connectivity index (χ2v) is 8.34. The fraction of sp³-hybridized carbons (Fsp3) is 0.727. The number of hydrogen-bond donors (Lipinski definition) is 0. The first-order valence-electron chi connectivity index (χ1n) is 10.2. The van der Waals surface area contributed by atoms with Crippen LogP contribution >= 0.6 is 0 Å². The maximum Gasteiger partial charge on any atom is 0.307 e. The van der Waals surface area contributed by atoms with Gasteiger partial charge in [0.15, 0.2) is 5.79 Å². The third-order valence-corrected chi connectivity index (χ3v) is 6.65. The van der Waals surface area contributed by atoms with Crippen LogP contribution in [-0.2, 0) is 23.8 Å². The number of allylic oxidation sites excluding steroid dienone is 4. The number of esters is 1. The van der Waals surface area contributed by atoms with Crippen molar-refractivity contribution in [1.82, 2.24) is 0 Å². The average Bonchev–Trinajstić information content (AvgIpc) is 3.11. The minimum absolute atomic E-state index is 0.00890. The van der Waals surface area contributed by atoms with E-state index < -0.39 is 5.79 Å². The molecule has 0 spiro atoms. The van der Waals surface area contributed by atoms with Crippen LogP contribution in [0.2, 0.25) is 0 Å². The average molecular weight is 376 g/mol. The van der Waals surface area contributed by atoms with Gasteiger partial charge in [-0.05, 0) is 37.3 Å². The van der Waals surface area contributed by atoms with Crippen molar-refractivity contribution in [3.63, 3.8) is 0 Å². The molecule has 0 saturated carbocycles. The maximum atomic E-state index is 13.3. The molecule has 27 heavy (non-hydrogen) atoms. The van der Waals surface area contributed by atoms with Gasteiger partial charge in [0.05, 0.1) is 13.2 Å². The summed E-state index contributed by atoms with van der Waals surface area (Å²) < 4.78 is 17.1. The van der Waals surface area contributed by atoms with E-state index in [1.807, 2.05) is 6.08 Å². The van der Waals surface area contributed by atoms with Crippen LogP contribution in [0.15, 0.2) is 23.5 Å². The molecule has 5 nitrogen and oxygen atoms in total. The van der Waals surface area contributed by atoms with Crippen LogP contribution in [0.4, 0.5) is 0 Å². The molecule has 0 bridgehead atoms. The van der Waals surface area contributed by atoms with Crippen LogP contribution in [-0.4, -0.2) is 30.8 Å². The van der Waals surface area contributed by atoms with Gasteiger partial charge in [0.1, 0.15) is 11.5 Å². The lowest BCUT2D eigenvalue weighted by Gasteiger charge is -2.44. The highest BCUT2D eigenvalue weighted by molar-refractivity contribution is 5.83. The summed E-state index contributed by atoms with van der Waals surface area (Å²) in [5.41, 5.74) is 0.955. The van der Waals surface area contributed by atoms with Gasteiger partial charge < -0.3 is 14.2 Å². The van der Waals surface area contributed by atoms with Gasteiger partial charge in [0, 0.05) is 37.0 Å². The van der Waals surface area contributed by atoms with E-state index in [0.717, 1.165) is 31.3 Å². The molecule has 3 atom stereocenters. The standard InChI is InChI=1S/C22H32O5/c1-5-22(25-11-12-26-22)15(2)13-20(24)19-8-6-7-17-14-18(27-16(3)23)9-10-21(17,19)4/h7,14-15,19H,5-6,8-13H2,1-4H3/t15-,19?,21-/m0/s1. The maximum absolute atomic E-state index is 13.3. The molecule has 1 heterocycles. The Hall–Kier alpha value is -1.46. The molecule has 0 radical (unpaired) electrons. The normalized spacial score (nSPS) is 30.7. The molecule has 0 aromatic carbocycles. The van der Waals surface area contributed by atoms with Crippen molar-refractivity contribution in [3.05, 3.63) is 23.5 Å². The Morgan fingerprint density at radius 2 is 2.04 bits per heavy atom. The van der Waals surface area contributed by atoms with Gasteiger partial charge in [-0.2, -0.15) is 0 Å². The fourth-order valence-corrected chi connectivity index (χ4v) is 5.02. The lowest BCUT2D eigenvalue weighted by molar-refractivity contribution is -0.196. The van der Waals surface area contributed by atoms with Gasteiger partial charge in [0.25, 0.3) is 0 Å². The summed E-state index contributed by atoms with van der Waals surface area (Å²) in [7, 11) is 0. The zero-order valence-electron chi connectivity index (χ0n) is 17.0. The van der Waals surface area contributed by atoms with E-state index >= 15 is 0 Å². The molecule has 3 aliphatic rings. The van der Waals surface area contributed by atoms with Crippen LogP contribution in [0.1, 0.15) is 66.2 Å². The van der Waals surface area contributed by atoms with Gasteiger partial charge in [0.2, 0.25) is 0 Å². The molecule has 1 aliphatic heterocycles. The fourth-order valence-electron chi connectivity index (χ4n) is 5.02. The molecule has 150 valence electrons. The van der Waals surface area contributed by atoms with Crippen LogP contribution in [0.25, 0.3) is 0 Å². The van der Waals surface area contributed by atoms with E-state index in [-0.39, 0.29) is 23.2 Å². The van der Waals surface area contributed by atoms with E-state index in [4.69, 9.17) is 14.2 Å². The smallest absolute Gasteiger partial charge is 0.307 e. The highest BCUT2D eigenvalue weighted by Gasteiger charge is 2.47. The molecule has 0 aromatic heterocycles.